The molecule has 0 saturated heterocycles. The first-order chi connectivity index (χ1) is 8.71. The molecule has 1 rings (SSSR count). The number of esters is 1. The first kappa shape index (κ1) is 14.7. The van der Waals surface area contributed by atoms with Crippen LogP contribution in [0.15, 0.2) is 24.3 Å². The molecule has 0 aliphatic rings. The van der Waals surface area contributed by atoms with Crippen molar-refractivity contribution in [3.8, 4) is 0 Å². The Bertz CT molecular complexity index is 359. The summed E-state index contributed by atoms with van der Waals surface area (Å²) in [6.45, 7) is 2.18. The molecular formula is C15H23NO2. The maximum atomic E-state index is 11.2. The Morgan fingerprint density at radius 3 is 2.50 bits per heavy atom. The Kier molecular flexibility index (Phi) is 6.44. The fourth-order valence-corrected chi connectivity index (χ4v) is 2.05. The molecule has 3 nitrogen and oxygen atoms in total. The van der Waals surface area contributed by atoms with E-state index in [0.29, 0.717) is 6.42 Å². The summed E-state index contributed by atoms with van der Waals surface area (Å²) in [7, 11) is 3.35. The van der Waals surface area contributed by atoms with Crippen LogP contribution in [0.2, 0.25) is 0 Å². The van der Waals surface area contributed by atoms with Crippen LogP contribution in [0.3, 0.4) is 0 Å². The predicted molar refractivity (Wildman–Crippen MR) is 73.5 cm³/mol. The number of aryl methyl sites for hydroxylation is 1. The summed E-state index contributed by atoms with van der Waals surface area (Å²) in [4.78, 5) is 11.2. The maximum Gasteiger partial charge on any atom is 0.305 e. The third-order valence-electron chi connectivity index (χ3n) is 3.13. The number of hydrogen-bond donors (Lipinski definition) is 1. The number of nitrogens with one attached hydrogen (secondary N) is 1. The zero-order chi connectivity index (χ0) is 13.4. The van der Waals surface area contributed by atoms with Crippen molar-refractivity contribution in [2.24, 2.45) is 0 Å². The van der Waals surface area contributed by atoms with E-state index in [2.05, 4.69) is 41.2 Å². The van der Waals surface area contributed by atoms with E-state index in [0.717, 1.165) is 19.3 Å². The average Bonchev–Trinajstić information content (AvgIpc) is 2.41. The molecule has 1 unspecified atom stereocenters. The molecule has 0 aromatic heterocycles. The van der Waals surface area contributed by atoms with Gasteiger partial charge in [0, 0.05) is 12.5 Å². The second-order valence-electron chi connectivity index (χ2n) is 4.45. The highest BCUT2D eigenvalue weighted by atomic mass is 16.5. The Hall–Kier alpha value is -1.35. The molecule has 0 radical (unpaired) electrons. The number of rotatable bonds is 7. The zero-order valence-corrected chi connectivity index (χ0v) is 11.5. The van der Waals surface area contributed by atoms with Crippen LogP contribution in [0.4, 0.5) is 0 Å². The molecule has 0 amide bonds. The third-order valence-corrected chi connectivity index (χ3v) is 3.13. The minimum Gasteiger partial charge on any atom is -0.469 e. The maximum absolute atomic E-state index is 11.2. The molecule has 3 heteroatoms. The minimum absolute atomic E-state index is 0.155. The van der Waals surface area contributed by atoms with Crippen LogP contribution in [0, 0.1) is 0 Å². The van der Waals surface area contributed by atoms with Crippen LogP contribution in [-0.2, 0) is 16.0 Å². The summed E-state index contributed by atoms with van der Waals surface area (Å²) >= 11 is 0. The number of ether oxygens (including phenoxy) is 1. The van der Waals surface area contributed by atoms with Gasteiger partial charge in [0.05, 0.1) is 7.11 Å². The standard InChI is InChI=1S/C15H23NO2/c1-4-5-12-6-8-13(9-7-12)14(16-2)10-11-15(17)18-3/h6-9,14,16H,4-5,10-11H2,1-3H3. The Labute approximate surface area is 110 Å². The van der Waals surface area contributed by atoms with Gasteiger partial charge in [0.25, 0.3) is 0 Å². The average molecular weight is 249 g/mol. The van der Waals surface area contributed by atoms with Crippen LogP contribution in [0.5, 0.6) is 0 Å². The van der Waals surface area contributed by atoms with Gasteiger partial charge in [-0.1, -0.05) is 37.6 Å². The lowest BCUT2D eigenvalue weighted by molar-refractivity contribution is -0.140. The fraction of sp³-hybridized carbons (Fsp3) is 0.533. The molecule has 1 atom stereocenters. The second-order valence-corrected chi connectivity index (χ2v) is 4.45. The van der Waals surface area contributed by atoms with Gasteiger partial charge in [0.1, 0.15) is 0 Å². The molecule has 0 aliphatic heterocycles. The Balaban J connectivity index is 2.61. The smallest absolute Gasteiger partial charge is 0.305 e. The van der Waals surface area contributed by atoms with Gasteiger partial charge in [-0.15, -0.1) is 0 Å². The van der Waals surface area contributed by atoms with Crippen molar-refractivity contribution in [1.82, 2.24) is 5.32 Å². The molecule has 0 saturated carbocycles. The molecule has 18 heavy (non-hydrogen) atoms. The highest BCUT2D eigenvalue weighted by Gasteiger charge is 2.11. The quantitative estimate of drug-likeness (QED) is 0.755. The summed E-state index contributed by atoms with van der Waals surface area (Å²) in [5, 5.41) is 3.24. The van der Waals surface area contributed by atoms with Gasteiger partial charge >= 0.3 is 5.97 Å². The first-order valence-corrected chi connectivity index (χ1v) is 6.54. The topological polar surface area (TPSA) is 38.3 Å². The molecule has 0 bridgehead atoms. The summed E-state index contributed by atoms with van der Waals surface area (Å²) < 4.78 is 4.67. The lowest BCUT2D eigenvalue weighted by Crippen LogP contribution is -2.18. The van der Waals surface area contributed by atoms with Crippen LogP contribution < -0.4 is 5.32 Å². The normalized spacial score (nSPS) is 12.2. The van der Waals surface area contributed by atoms with Crippen LogP contribution >= 0.6 is 0 Å². The van der Waals surface area contributed by atoms with E-state index in [4.69, 9.17) is 0 Å². The van der Waals surface area contributed by atoms with Crippen molar-refractivity contribution < 1.29 is 9.53 Å². The number of carbonyl (C=O) groups excluding carboxylic acids is 1. The van der Waals surface area contributed by atoms with Gasteiger partial charge in [-0.05, 0) is 31.0 Å². The van der Waals surface area contributed by atoms with Crippen molar-refractivity contribution in [2.45, 2.75) is 38.6 Å². The van der Waals surface area contributed by atoms with Crippen molar-refractivity contribution in [1.29, 1.82) is 0 Å². The van der Waals surface area contributed by atoms with Gasteiger partial charge in [0.2, 0.25) is 0 Å². The van der Waals surface area contributed by atoms with E-state index in [1.807, 2.05) is 7.05 Å². The van der Waals surface area contributed by atoms with Crippen LogP contribution in [0.1, 0.15) is 43.4 Å². The van der Waals surface area contributed by atoms with Crippen LogP contribution in [-0.4, -0.2) is 20.1 Å². The molecule has 1 aromatic rings. The number of methoxy groups -OCH3 is 1. The van der Waals surface area contributed by atoms with Gasteiger partial charge in [-0.3, -0.25) is 4.79 Å². The molecule has 1 aromatic carbocycles. The SMILES string of the molecule is CCCc1ccc(C(CCC(=O)OC)NC)cc1. The fourth-order valence-electron chi connectivity index (χ4n) is 2.05. The monoisotopic (exact) mass is 249 g/mol. The summed E-state index contributed by atoms with van der Waals surface area (Å²) in [6.07, 6.45) is 3.48. The van der Waals surface area contributed by atoms with E-state index in [1.165, 1.54) is 18.2 Å². The molecule has 0 spiro atoms. The van der Waals surface area contributed by atoms with Crippen molar-refractivity contribution in [3.05, 3.63) is 35.4 Å². The molecule has 1 N–H and O–H groups in total. The van der Waals surface area contributed by atoms with Crippen molar-refractivity contribution in [2.75, 3.05) is 14.2 Å². The largest absolute Gasteiger partial charge is 0.469 e. The molecular weight excluding hydrogens is 226 g/mol. The van der Waals surface area contributed by atoms with E-state index >= 15 is 0 Å². The van der Waals surface area contributed by atoms with Gasteiger partial charge in [0.15, 0.2) is 0 Å². The summed E-state index contributed by atoms with van der Waals surface area (Å²) in [5.74, 6) is -0.155. The third kappa shape index (κ3) is 4.49. The van der Waals surface area contributed by atoms with Crippen molar-refractivity contribution >= 4 is 5.97 Å². The van der Waals surface area contributed by atoms with Crippen molar-refractivity contribution in [3.63, 3.8) is 0 Å². The van der Waals surface area contributed by atoms with E-state index in [9.17, 15) is 4.79 Å². The van der Waals surface area contributed by atoms with Gasteiger partial charge < -0.3 is 10.1 Å². The Morgan fingerprint density at radius 2 is 2.00 bits per heavy atom. The van der Waals surface area contributed by atoms with Crippen LogP contribution in [0.25, 0.3) is 0 Å². The van der Waals surface area contributed by atoms with Gasteiger partial charge in [-0.25, -0.2) is 0 Å². The molecule has 0 fully saturated rings. The minimum atomic E-state index is -0.155. The first-order valence-electron chi connectivity index (χ1n) is 6.54. The molecule has 0 heterocycles. The van der Waals surface area contributed by atoms with E-state index in [1.54, 1.807) is 0 Å². The lowest BCUT2D eigenvalue weighted by Gasteiger charge is -2.16. The molecule has 0 aliphatic carbocycles. The Morgan fingerprint density at radius 1 is 1.33 bits per heavy atom. The summed E-state index contributed by atoms with van der Waals surface area (Å²) in [6, 6.07) is 8.83. The van der Waals surface area contributed by atoms with E-state index < -0.39 is 0 Å². The highest BCUT2D eigenvalue weighted by Crippen LogP contribution is 2.19. The highest BCUT2D eigenvalue weighted by molar-refractivity contribution is 5.69. The van der Waals surface area contributed by atoms with E-state index in [-0.39, 0.29) is 12.0 Å². The lowest BCUT2D eigenvalue weighted by atomic mass is 9.99. The zero-order valence-electron chi connectivity index (χ0n) is 11.5. The molecule has 100 valence electrons. The summed E-state index contributed by atoms with van der Waals surface area (Å²) in [5.41, 5.74) is 2.59. The number of carbonyl (C=O) groups is 1. The predicted octanol–water partition coefficient (Wildman–Crippen LogP) is 2.85. The number of hydrogen-bond acceptors (Lipinski definition) is 3. The number of benzene rings is 1. The van der Waals surface area contributed by atoms with Gasteiger partial charge in [-0.2, -0.15) is 0 Å². The second kappa shape index (κ2) is 7.88.